The van der Waals surface area contributed by atoms with Crippen molar-refractivity contribution in [3.05, 3.63) is 71.6 Å². The van der Waals surface area contributed by atoms with Crippen LogP contribution >= 0.6 is 0 Å². The summed E-state index contributed by atoms with van der Waals surface area (Å²) in [5.74, 6) is -0.0888. The van der Waals surface area contributed by atoms with Gasteiger partial charge in [-0.15, -0.1) is 0 Å². The van der Waals surface area contributed by atoms with Crippen LogP contribution < -0.4 is 4.74 Å². The van der Waals surface area contributed by atoms with Crippen LogP contribution in [0.1, 0.15) is 36.9 Å². The number of halogens is 2. The van der Waals surface area contributed by atoms with Crippen molar-refractivity contribution in [1.82, 2.24) is 15.1 Å². The van der Waals surface area contributed by atoms with Crippen molar-refractivity contribution in [2.24, 2.45) is 0 Å². The molecule has 1 atom stereocenters. The van der Waals surface area contributed by atoms with Gasteiger partial charge in [0.2, 0.25) is 0 Å². The van der Waals surface area contributed by atoms with Gasteiger partial charge in [-0.25, -0.2) is 8.78 Å². The Balaban J connectivity index is 1.50. The summed E-state index contributed by atoms with van der Waals surface area (Å²) in [4.78, 5) is 2.38. The number of nitrogens with one attached hydrogen (secondary N) is 1. The molecule has 0 radical (unpaired) electrons. The molecule has 0 amide bonds. The fourth-order valence-electron chi connectivity index (χ4n) is 4.11. The first-order chi connectivity index (χ1) is 14.2. The number of rotatable bonds is 6. The normalized spacial score (nSPS) is 17.4. The smallest absolute Gasteiger partial charge is 0.134 e. The van der Waals surface area contributed by atoms with Crippen LogP contribution in [0.15, 0.2) is 48.7 Å². The molecule has 1 saturated heterocycles. The molecule has 152 valence electrons. The van der Waals surface area contributed by atoms with E-state index in [4.69, 9.17) is 4.74 Å². The third-order valence-corrected chi connectivity index (χ3v) is 5.46. The second-order valence-corrected chi connectivity index (χ2v) is 7.45. The molecule has 2 heterocycles. The van der Waals surface area contributed by atoms with E-state index in [1.54, 1.807) is 0 Å². The van der Waals surface area contributed by atoms with Gasteiger partial charge in [0.05, 0.1) is 18.4 Å². The monoisotopic (exact) mass is 397 g/mol. The molecular weight excluding hydrogens is 372 g/mol. The van der Waals surface area contributed by atoms with Crippen molar-refractivity contribution < 1.29 is 13.5 Å². The van der Waals surface area contributed by atoms with Crippen LogP contribution in [0.25, 0.3) is 11.1 Å². The van der Waals surface area contributed by atoms with Gasteiger partial charge in [-0.2, -0.15) is 5.10 Å². The van der Waals surface area contributed by atoms with E-state index in [9.17, 15) is 8.78 Å². The molecule has 0 bridgehead atoms. The molecule has 29 heavy (non-hydrogen) atoms. The molecule has 4 nitrogen and oxygen atoms in total. The highest BCUT2D eigenvalue weighted by molar-refractivity contribution is 5.67. The van der Waals surface area contributed by atoms with Crippen molar-refractivity contribution in [3.63, 3.8) is 0 Å². The summed E-state index contributed by atoms with van der Waals surface area (Å²) in [6, 6.07) is 12.1. The minimum Gasteiger partial charge on any atom is -0.494 e. The first-order valence-corrected chi connectivity index (χ1v) is 10.1. The molecule has 0 saturated carbocycles. The van der Waals surface area contributed by atoms with Crippen LogP contribution in [0.3, 0.4) is 0 Å². The lowest BCUT2D eigenvalue weighted by atomic mass is 9.90. The van der Waals surface area contributed by atoms with Gasteiger partial charge in [-0.3, -0.25) is 10.00 Å². The fraction of sp³-hybridized carbons (Fsp3) is 0.348. The number of H-pyrrole nitrogens is 1. The van der Waals surface area contributed by atoms with Crippen molar-refractivity contribution >= 4 is 0 Å². The number of aromatic amines is 1. The number of likely N-dealkylation sites (tertiary alicyclic amines) is 1. The van der Waals surface area contributed by atoms with E-state index in [-0.39, 0.29) is 11.5 Å². The Kier molecular flexibility index (Phi) is 5.90. The van der Waals surface area contributed by atoms with Gasteiger partial charge in [-0.05, 0) is 56.1 Å². The maximum Gasteiger partial charge on any atom is 0.134 e. The number of hydrogen-bond acceptors (Lipinski definition) is 3. The van der Waals surface area contributed by atoms with Gasteiger partial charge < -0.3 is 4.74 Å². The minimum absolute atomic E-state index is 0.000105. The van der Waals surface area contributed by atoms with Gasteiger partial charge in [0.25, 0.3) is 0 Å². The molecule has 0 unspecified atom stereocenters. The standard InChI is InChI=1S/C23H25F2N3O/c1-2-29-18-10-8-16(9-11-18)14-28-12-4-5-17(15-28)23-19(13-26-27-23)22-20(24)6-3-7-21(22)25/h3,6-11,13,17H,2,4-5,12,14-15H2,1H3,(H,26,27)/t17-/m0/s1. The molecular formula is C23H25F2N3O. The third kappa shape index (κ3) is 4.32. The molecule has 2 aromatic carbocycles. The predicted molar refractivity (Wildman–Crippen MR) is 109 cm³/mol. The van der Waals surface area contributed by atoms with Crippen LogP contribution in [-0.4, -0.2) is 34.8 Å². The number of piperidine rings is 1. The van der Waals surface area contributed by atoms with Gasteiger partial charge in [-0.1, -0.05) is 18.2 Å². The van der Waals surface area contributed by atoms with Crippen molar-refractivity contribution in [2.75, 3.05) is 19.7 Å². The topological polar surface area (TPSA) is 41.1 Å². The largest absolute Gasteiger partial charge is 0.494 e. The Labute approximate surface area is 169 Å². The number of hydrogen-bond donors (Lipinski definition) is 1. The highest BCUT2D eigenvalue weighted by atomic mass is 19.1. The maximum absolute atomic E-state index is 14.3. The first-order valence-electron chi connectivity index (χ1n) is 10.1. The molecule has 0 spiro atoms. The molecule has 1 N–H and O–H groups in total. The summed E-state index contributed by atoms with van der Waals surface area (Å²) in [5.41, 5.74) is 2.55. The Morgan fingerprint density at radius 3 is 2.62 bits per heavy atom. The lowest BCUT2D eigenvalue weighted by Gasteiger charge is -2.32. The van der Waals surface area contributed by atoms with Gasteiger partial charge in [0, 0.05) is 30.3 Å². The van der Waals surface area contributed by atoms with E-state index in [0.29, 0.717) is 12.2 Å². The van der Waals surface area contributed by atoms with Crippen molar-refractivity contribution in [2.45, 2.75) is 32.2 Å². The average molecular weight is 397 g/mol. The van der Waals surface area contributed by atoms with Crippen molar-refractivity contribution in [1.29, 1.82) is 0 Å². The lowest BCUT2D eigenvalue weighted by Crippen LogP contribution is -2.34. The highest BCUT2D eigenvalue weighted by Gasteiger charge is 2.27. The summed E-state index contributed by atoms with van der Waals surface area (Å²) in [7, 11) is 0. The van der Waals surface area contributed by atoms with E-state index in [1.807, 2.05) is 19.1 Å². The van der Waals surface area contributed by atoms with Crippen LogP contribution in [-0.2, 0) is 6.54 Å². The molecule has 6 heteroatoms. The number of ether oxygens (including phenoxy) is 1. The third-order valence-electron chi connectivity index (χ3n) is 5.46. The first kappa shape index (κ1) is 19.6. The van der Waals surface area contributed by atoms with E-state index >= 15 is 0 Å². The van der Waals surface area contributed by atoms with E-state index in [1.165, 1.54) is 30.0 Å². The summed E-state index contributed by atoms with van der Waals surface area (Å²) in [6.07, 6.45) is 3.52. The quantitative estimate of drug-likeness (QED) is 0.627. The summed E-state index contributed by atoms with van der Waals surface area (Å²) in [6.45, 7) is 5.28. The van der Waals surface area contributed by atoms with Gasteiger partial charge in [0.15, 0.2) is 0 Å². The zero-order chi connectivity index (χ0) is 20.2. The molecule has 0 aliphatic carbocycles. The van der Waals surface area contributed by atoms with Gasteiger partial charge >= 0.3 is 0 Å². The Morgan fingerprint density at radius 1 is 1.14 bits per heavy atom. The van der Waals surface area contributed by atoms with E-state index in [2.05, 4.69) is 27.2 Å². The minimum atomic E-state index is -0.560. The Morgan fingerprint density at radius 2 is 1.90 bits per heavy atom. The van der Waals surface area contributed by atoms with Crippen molar-refractivity contribution in [3.8, 4) is 16.9 Å². The van der Waals surface area contributed by atoms with Crippen LogP contribution in [0.2, 0.25) is 0 Å². The SMILES string of the molecule is CCOc1ccc(CN2CCC[C@H](c3[nH]ncc3-c3c(F)cccc3F)C2)cc1. The zero-order valence-corrected chi connectivity index (χ0v) is 16.5. The number of nitrogens with zero attached hydrogens (tertiary/aromatic N) is 2. The summed E-state index contributed by atoms with van der Waals surface area (Å²) < 4.78 is 34.1. The number of benzene rings is 2. The highest BCUT2D eigenvalue weighted by Crippen LogP contribution is 2.35. The number of aromatic nitrogens is 2. The Bertz CT molecular complexity index is 935. The second kappa shape index (κ2) is 8.74. The molecule has 1 aliphatic rings. The zero-order valence-electron chi connectivity index (χ0n) is 16.5. The van der Waals surface area contributed by atoms with Crippen LogP contribution in [0, 0.1) is 11.6 Å². The summed E-state index contributed by atoms with van der Waals surface area (Å²) >= 11 is 0. The van der Waals surface area contributed by atoms with E-state index in [0.717, 1.165) is 43.9 Å². The molecule has 1 aliphatic heterocycles. The van der Waals surface area contributed by atoms with Crippen LogP contribution in [0.4, 0.5) is 8.78 Å². The van der Waals surface area contributed by atoms with E-state index < -0.39 is 11.6 Å². The summed E-state index contributed by atoms with van der Waals surface area (Å²) in [5, 5.41) is 7.11. The lowest BCUT2D eigenvalue weighted by molar-refractivity contribution is 0.198. The Hall–Kier alpha value is -2.73. The van der Waals surface area contributed by atoms with Gasteiger partial charge in [0.1, 0.15) is 17.4 Å². The molecule has 3 aromatic rings. The second-order valence-electron chi connectivity index (χ2n) is 7.45. The molecule has 1 aromatic heterocycles. The molecule has 1 fully saturated rings. The average Bonchev–Trinajstić information content (AvgIpc) is 3.19. The predicted octanol–water partition coefficient (Wildman–Crippen LogP) is 5.13. The van der Waals surface area contributed by atoms with Crippen LogP contribution in [0.5, 0.6) is 5.75 Å². The molecule has 4 rings (SSSR count). The fourth-order valence-corrected chi connectivity index (χ4v) is 4.11. The maximum atomic E-state index is 14.3.